The number of aromatic nitrogens is 1. The minimum Gasteiger partial charge on any atom is -0.497 e. The average Bonchev–Trinajstić information content (AvgIpc) is 2.92. The molecule has 0 saturated carbocycles. The summed E-state index contributed by atoms with van der Waals surface area (Å²) >= 11 is 1.44. The highest BCUT2D eigenvalue weighted by Gasteiger charge is 2.12. The molecule has 1 N–H and O–H groups in total. The van der Waals surface area contributed by atoms with E-state index in [-0.39, 0.29) is 12.5 Å². The zero-order valence-corrected chi connectivity index (χ0v) is 14.2. The highest BCUT2D eigenvalue weighted by atomic mass is 32.1. The Labute approximate surface area is 139 Å². The topological polar surface area (TPSA) is 69.7 Å². The number of amides is 1. The van der Waals surface area contributed by atoms with Crippen LogP contribution >= 0.6 is 11.3 Å². The molecule has 0 radical (unpaired) electrons. The van der Waals surface area contributed by atoms with Gasteiger partial charge in [-0.25, -0.2) is 4.98 Å². The molecule has 1 aromatic carbocycles. The molecular weight excluding hydrogens is 316 g/mol. The van der Waals surface area contributed by atoms with Crippen LogP contribution in [0.15, 0.2) is 24.3 Å². The number of methoxy groups -OCH3 is 2. The van der Waals surface area contributed by atoms with Gasteiger partial charge in [0.2, 0.25) is 0 Å². The first-order valence-corrected chi connectivity index (χ1v) is 7.94. The van der Waals surface area contributed by atoms with Crippen molar-refractivity contribution in [3.05, 3.63) is 29.1 Å². The lowest BCUT2D eigenvalue weighted by Crippen LogP contribution is -2.19. The largest absolute Gasteiger partial charge is 0.497 e. The Morgan fingerprint density at radius 2 is 1.96 bits per heavy atom. The van der Waals surface area contributed by atoms with Gasteiger partial charge in [-0.2, -0.15) is 0 Å². The van der Waals surface area contributed by atoms with Crippen LogP contribution in [0.1, 0.15) is 4.88 Å². The third-order valence-corrected chi connectivity index (χ3v) is 3.96. The molecule has 1 heterocycles. The van der Waals surface area contributed by atoms with Crippen molar-refractivity contribution in [1.29, 1.82) is 0 Å². The van der Waals surface area contributed by atoms with Crippen molar-refractivity contribution in [2.24, 2.45) is 0 Å². The number of ether oxygens (including phenoxy) is 3. The van der Waals surface area contributed by atoms with E-state index >= 15 is 0 Å². The molecule has 6 nitrogen and oxygen atoms in total. The lowest BCUT2D eigenvalue weighted by Gasteiger charge is -2.03. The maximum absolute atomic E-state index is 11.8. The van der Waals surface area contributed by atoms with E-state index in [2.05, 4.69) is 10.3 Å². The van der Waals surface area contributed by atoms with Gasteiger partial charge in [0, 0.05) is 17.6 Å². The van der Waals surface area contributed by atoms with Gasteiger partial charge in [-0.3, -0.25) is 10.1 Å². The summed E-state index contributed by atoms with van der Waals surface area (Å²) in [5.74, 6) is 0.569. The molecule has 1 amide bonds. The fraction of sp³-hybridized carbons (Fsp3) is 0.375. The minimum absolute atomic E-state index is 0.0140. The van der Waals surface area contributed by atoms with Gasteiger partial charge in [0.15, 0.2) is 5.13 Å². The lowest BCUT2D eigenvalue weighted by atomic mass is 10.1. The van der Waals surface area contributed by atoms with Gasteiger partial charge in [0.1, 0.15) is 12.4 Å². The third-order valence-electron chi connectivity index (χ3n) is 3.07. The number of hydrogen-bond donors (Lipinski definition) is 1. The van der Waals surface area contributed by atoms with Gasteiger partial charge in [-0.05, 0) is 31.2 Å². The molecule has 0 bridgehead atoms. The zero-order chi connectivity index (χ0) is 16.7. The fourth-order valence-electron chi connectivity index (χ4n) is 1.93. The number of benzene rings is 1. The number of nitrogens with zero attached hydrogens (tertiary/aromatic N) is 1. The highest BCUT2D eigenvalue weighted by Crippen LogP contribution is 2.31. The van der Waals surface area contributed by atoms with E-state index in [1.165, 1.54) is 11.3 Å². The standard InChI is InChI=1S/C16H20N2O4S/c1-11-15(12-4-6-13(21-3)7-5-12)18-16(23-11)17-14(19)10-22-9-8-20-2/h4-7H,8-10H2,1-3H3,(H,17,18,19). The SMILES string of the molecule is COCCOCC(=O)Nc1nc(-c2ccc(OC)cc2)c(C)s1. The molecule has 2 rings (SSSR count). The summed E-state index contributed by atoms with van der Waals surface area (Å²) < 4.78 is 15.2. The molecule has 0 aliphatic carbocycles. The Morgan fingerprint density at radius 1 is 1.22 bits per heavy atom. The van der Waals surface area contributed by atoms with E-state index in [0.29, 0.717) is 18.3 Å². The second-order valence-electron chi connectivity index (χ2n) is 4.75. The Kier molecular flexibility index (Phi) is 6.52. The zero-order valence-electron chi connectivity index (χ0n) is 13.4. The Balaban J connectivity index is 1.98. The number of hydrogen-bond acceptors (Lipinski definition) is 6. The molecular formula is C16H20N2O4S. The van der Waals surface area contributed by atoms with Crippen molar-refractivity contribution in [3.63, 3.8) is 0 Å². The monoisotopic (exact) mass is 336 g/mol. The molecule has 1 aromatic heterocycles. The summed E-state index contributed by atoms with van der Waals surface area (Å²) in [6, 6.07) is 7.66. The summed E-state index contributed by atoms with van der Waals surface area (Å²) in [5.41, 5.74) is 1.84. The summed E-state index contributed by atoms with van der Waals surface area (Å²) in [7, 11) is 3.22. The van der Waals surface area contributed by atoms with Crippen LogP contribution in [-0.4, -0.2) is 44.9 Å². The molecule has 7 heteroatoms. The van der Waals surface area contributed by atoms with Crippen molar-refractivity contribution >= 4 is 22.4 Å². The Hall–Kier alpha value is -1.96. The predicted octanol–water partition coefficient (Wildman–Crippen LogP) is 2.73. The van der Waals surface area contributed by atoms with E-state index in [1.54, 1.807) is 14.2 Å². The normalized spacial score (nSPS) is 10.6. The van der Waals surface area contributed by atoms with Crippen LogP contribution in [0.4, 0.5) is 5.13 Å². The van der Waals surface area contributed by atoms with Gasteiger partial charge in [0.25, 0.3) is 5.91 Å². The quantitative estimate of drug-likeness (QED) is 0.751. The van der Waals surface area contributed by atoms with E-state index in [9.17, 15) is 4.79 Å². The first kappa shape index (κ1) is 17.4. The van der Waals surface area contributed by atoms with Crippen LogP contribution in [0, 0.1) is 6.92 Å². The number of carbonyl (C=O) groups excluding carboxylic acids is 1. The number of carbonyl (C=O) groups is 1. The van der Waals surface area contributed by atoms with Crippen LogP contribution in [0.25, 0.3) is 11.3 Å². The summed E-state index contributed by atoms with van der Waals surface area (Å²) in [5, 5.41) is 3.31. The second kappa shape index (κ2) is 8.61. The maximum Gasteiger partial charge on any atom is 0.252 e. The van der Waals surface area contributed by atoms with Gasteiger partial charge >= 0.3 is 0 Å². The smallest absolute Gasteiger partial charge is 0.252 e. The Morgan fingerprint density at radius 3 is 2.61 bits per heavy atom. The molecule has 0 saturated heterocycles. The molecule has 124 valence electrons. The van der Waals surface area contributed by atoms with Crippen LogP contribution in [-0.2, 0) is 14.3 Å². The number of thiazole rings is 1. The van der Waals surface area contributed by atoms with Gasteiger partial charge in [0.05, 0.1) is 26.0 Å². The third kappa shape index (κ3) is 5.02. The van der Waals surface area contributed by atoms with Crippen LogP contribution in [0.5, 0.6) is 5.75 Å². The molecule has 0 unspecified atom stereocenters. The van der Waals surface area contributed by atoms with E-state index < -0.39 is 0 Å². The molecule has 0 aliphatic heterocycles. The van der Waals surface area contributed by atoms with Crippen molar-refractivity contribution in [2.45, 2.75) is 6.92 Å². The number of anilines is 1. The van der Waals surface area contributed by atoms with Gasteiger partial charge in [-0.15, -0.1) is 11.3 Å². The number of rotatable bonds is 8. The van der Waals surface area contributed by atoms with Crippen LogP contribution in [0.3, 0.4) is 0 Å². The minimum atomic E-state index is -0.226. The number of nitrogens with one attached hydrogen (secondary N) is 1. The number of aryl methyl sites for hydroxylation is 1. The van der Waals surface area contributed by atoms with E-state index in [0.717, 1.165) is 21.9 Å². The molecule has 2 aromatic rings. The molecule has 23 heavy (non-hydrogen) atoms. The van der Waals surface area contributed by atoms with Crippen LogP contribution < -0.4 is 10.1 Å². The lowest BCUT2D eigenvalue weighted by molar-refractivity contribution is -0.121. The summed E-state index contributed by atoms with van der Waals surface area (Å²) in [6.07, 6.45) is 0. The first-order chi connectivity index (χ1) is 11.1. The molecule has 0 aliphatic rings. The summed E-state index contributed by atoms with van der Waals surface area (Å²) in [4.78, 5) is 17.3. The maximum atomic E-state index is 11.8. The predicted molar refractivity (Wildman–Crippen MR) is 90.2 cm³/mol. The van der Waals surface area contributed by atoms with Crippen molar-refractivity contribution in [2.75, 3.05) is 39.4 Å². The highest BCUT2D eigenvalue weighted by molar-refractivity contribution is 7.16. The first-order valence-electron chi connectivity index (χ1n) is 7.12. The fourth-order valence-corrected chi connectivity index (χ4v) is 2.78. The van der Waals surface area contributed by atoms with Crippen molar-refractivity contribution in [3.8, 4) is 17.0 Å². The summed E-state index contributed by atoms with van der Waals surface area (Å²) in [6.45, 7) is 2.81. The van der Waals surface area contributed by atoms with Gasteiger partial charge in [-0.1, -0.05) is 0 Å². The molecule has 0 spiro atoms. The van der Waals surface area contributed by atoms with Crippen molar-refractivity contribution < 1.29 is 19.0 Å². The Bertz CT molecular complexity index is 640. The molecule has 0 atom stereocenters. The second-order valence-corrected chi connectivity index (χ2v) is 5.95. The molecule has 0 fully saturated rings. The van der Waals surface area contributed by atoms with Crippen molar-refractivity contribution in [1.82, 2.24) is 4.98 Å². The van der Waals surface area contributed by atoms with Gasteiger partial charge < -0.3 is 14.2 Å². The van der Waals surface area contributed by atoms with E-state index in [1.807, 2.05) is 31.2 Å². The van der Waals surface area contributed by atoms with Crippen LogP contribution in [0.2, 0.25) is 0 Å². The average molecular weight is 336 g/mol. The van der Waals surface area contributed by atoms with E-state index in [4.69, 9.17) is 14.2 Å².